The third-order valence-electron chi connectivity index (χ3n) is 3.16. The van der Waals surface area contributed by atoms with Crippen molar-refractivity contribution in [1.29, 1.82) is 0 Å². The Morgan fingerprint density at radius 1 is 1.26 bits per heavy atom. The Morgan fingerprint density at radius 3 is 2.57 bits per heavy atom. The Hall–Kier alpha value is -2.60. The Morgan fingerprint density at radius 2 is 1.96 bits per heavy atom. The first-order chi connectivity index (χ1) is 11.0. The van der Waals surface area contributed by atoms with Gasteiger partial charge in [-0.3, -0.25) is 14.9 Å². The minimum absolute atomic E-state index is 0.0477. The van der Waals surface area contributed by atoms with Gasteiger partial charge in [0.25, 0.3) is 11.6 Å². The summed E-state index contributed by atoms with van der Waals surface area (Å²) in [5, 5.41) is 11.2. The van der Waals surface area contributed by atoms with Crippen molar-refractivity contribution in [2.75, 3.05) is 20.2 Å². The van der Waals surface area contributed by atoms with E-state index in [0.29, 0.717) is 29.5 Å². The van der Waals surface area contributed by atoms with Gasteiger partial charge in [-0.05, 0) is 30.3 Å². The number of ether oxygens (including phenoxy) is 1. The molecule has 2 aromatic rings. The van der Waals surface area contributed by atoms with Gasteiger partial charge in [-0.1, -0.05) is 17.7 Å². The zero-order chi connectivity index (χ0) is 16.8. The molecule has 0 radical (unpaired) electrons. The number of carbonyl (C=O) groups excluding carboxylic acids is 1. The smallest absolute Gasteiger partial charge is 0.269 e. The number of likely N-dealkylation sites (N-methyl/N-ethyl adjacent to an activating group) is 1. The van der Waals surface area contributed by atoms with Crippen molar-refractivity contribution in [3.05, 3.63) is 69.2 Å². The summed E-state index contributed by atoms with van der Waals surface area (Å²) in [7, 11) is 1.64. The maximum atomic E-state index is 12.2. The van der Waals surface area contributed by atoms with Crippen LogP contribution in [0.2, 0.25) is 5.02 Å². The molecule has 0 atom stereocenters. The van der Waals surface area contributed by atoms with E-state index >= 15 is 0 Å². The minimum atomic E-state index is -0.503. The Labute approximate surface area is 138 Å². The number of amides is 1. The lowest BCUT2D eigenvalue weighted by molar-refractivity contribution is -0.384. The third kappa shape index (κ3) is 4.69. The van der Waals surface area contributed by atoms with Crippen molar-refractivity contribution in [2.45, 2.75) is 0 Å². The number of carbonyl (C=O) groups is 1. The van der Waals surface area contributed by atoms with E-state index in [9.17, 15) is 14.9 Å². The third-order valence-corrected chi connectivity index (χ3v) is 3.40. The molecule has 2 rings (SSSR count). The Kier molecular flexibility index (Phi) is 5.54. The number of nitrogens with zero attached hydrogens (tertiary/aromatic N) is 2. The van der Waals surface area contributed by atoms with E-state index in [1.54, 1.807) is 31.3 Å². The van der Waals surface area contributed by atoms with Crippen LogP contribution in [-0.2, 0) is 0 Å². The fourth-order valence-corrected chi connectivity index (χ4v) is 2.09. The molecule has 0 aliphatic carbocycles. The summed E-state index contributed by atoms with van der Waals surface area (Å²) in [6.45, 7) is 0.692. The summed E-state index contributed by atoms with van der Waals surface area (Å²) >= 11 is 5.86. The van der Waals surface area contributed by atoms with E-state index in [1.165, 1.54) is 29.2 Å². The molecule has 0 spiro atoms. The molecule has 0 aromatic heterocycles. The fourth-order valence-electron chi connectivity index (χ4n) is 1.90. The normalized spacial score (nSPS) is 10.2. The van der Waals surface area contributed by atoms with Crippen molar-refractivity contribution in [3.8, 4) is 5.75 Å². The van der Waals surface area contributed by atoms with Gasteiger partial charge in [0.05, 0.1) is 11.5 Å². The second-order valence-electron chi connectivity index (χ2n) is 4.84. The molecule has 0 heterocycles. The molecule has 1 amide bonds. The number of nitro benzene ring substituents is 1. The van der Waals surface area contributed by atoms with Crippen molar-refractivity contribution in [3.63, 3.8) is 0 Å². The SMILES string of the molecule is CN(CCOc1cccc(Cl)c1)C(=O)c1ccc([N+](=O)[O-])cc1. The van der Waals surface area contributed by atoms with Crippen LogP contribution in [-0.4, -0.2) is 35.9 Å². The number of hydrogen-bond donors (Lipinski definition) is 0. The monoisotopic (exact) mass is 334 g/mol. The van der Waals surface area contributed by atoms with E-state index in [4.69, 9.17) is 16.3 Å². The highest BCUT2D eigenvalue weighted by molar-refractivity contribution is 6.30. The highest BCUT2D eigenvalue weighted by Crippen LogP contribution is 2.17. The molecule has 0 N–H and O–H groups in total. The molecule has 0 saturated heterocycles. The van der Waals surface area contributed by atoms with E-state index in [0.717, 1.165) is 0 Å². The van der Waals surface area contributed by atoms with Crippen LogP contribution in [0.15, 0.2) is 48.5 Å². The zero-order valence-corrected chi connectivity index (χ0v) is 13.2. The largest absolute Gasteiger partial charge is 0.492 e. The summed E-state index contributed by atoms with van der Waals surface area (Å²) in [5.41, 5.74) is 0.342. The lowest BCUT2D eigenvalue weighted by atomic mass is 10.2. The van der Waals surface area contributed by atoms with Gasteiger partial charge in [0, 0.05) is 29.8 Å². The lowest BCUT2D eigenvalue weighted by Crippen LogP contribution is -2.30. The first-order valence-electron chi connectivity index (χ1n) is 6.85. The van der Waals surface area contributed by atoms with Crippen LogP contribution >= 0.6 is 11.6 Å². The zero-order valence-electron chi connectivity index (χ0n) is 12.4. The van der Waals surface area contributed by atoms with E-state index in [-0.39, 0.29) is 11.6 Å². The number of benzene rings is 2. The summed E-state index contributed by atoms with van der Waals surface area (Å²) in [4.78, 5) is 23.8. The molecule has 7 heteroatoms. The van der Waals surface area contributed by atoms with Gasteiger partial charge in [0.1, 0.15) is 12.4 Å². The van der Waals surface area contributed by atoms with Crippen LogP contribution < -0.4 is 4.74 Å². The molecule has 0 fully saturated rings. The highest BCUT2D eigenvalue weighted by Gasteiger charge is 2.13. The fraction of sp³-hybridized carbons (Fsp3) is 0.188. The molecule has 0 aliphatic heterocycles. The number of rotatable bonds is 6. The summed E-state index contributed by atoms with van der Waals surface area (Å²) in [6.07, 6.45) is 0. The maximum Gasteiger partial charge on any atom is 0.269 e. The van der Waals surface area contributed by atoms with E-state index < -0.39 is 4.92 Å². The molecule has 120 valence electrons. The molecule has 0 unspecified atom stereocenters. The number of hydrogen-bond acceptors (Lipinski definition) is 4. The summed E-state index contributed by atoms with van der Waals surface area (Å²) in [5.74, 6) is 0.406. The Bertz CT molecular complexity index is 703. The van der Waals surface area contributed by atoms with Crippen molar-refractivity contribution < 1.29 is 14.5 Å². The predicted octanol–water partition coefficient (Wildman–Crippen LogP) is 3.40. The Balaban J connectivity index is 1.88. The predicted molar refractivity (Wildman–Crippen MR) is 87.0 cm³/mol. The molecule has 0 bridgehead atoms. The molecule has 6 nitrogen and oxygen atoms in total. The van der Waals surface area contributed by atoms with Gasteiger partial charge in [0.2, 0.25) is 0 Å². The van der Waals surface area contributed by atoms with Gasteiger partial charge < -0.3 is 9.64 Å². The molecule has 0 saturated carbocycles. The summed E-state index contributed by atoms with van der Waals surface area (Å²) < 4.78 is 5.53. The first-order valence-corrected chi connectivity index (χ1v) is 7.23. The van der Waals surface area contributed by atoms with Gasteiger partial charge in [-0.2, -0.15) is 0 Å². The second-order valence-corrected chi connectivity index (χ2v) is 5.27. The van der Waals surface area contributed by atoms with Crippen molar-refractivity contribution >= 4 is 23.2 Å². The van der Waals surface area contributed by atoms with Crippen molar-refractivity contribution in [1.82, 2.24) is 4.90 Å². The number of nitro groups is 1. The van der Waals surface area contributed by atoms with Crippen LogP contribution in [0, 0.1) is 10.1 Å². The summed E-state index contributed by atoms with van der Waals surface area (Å²) in [6, 6.07) is 12.5. The van der Waals surface area contributed by atoms with Gasteiger partial charge in [0.15, 0.2) is 0 Å². The van der Waals surface area contributed by atoms with Gasteiger partial charge >= 0.3 is 0 Å². The highest BCUT2D eigenvalue weighted by atomic mass is 35.5. The number of halogens is 1. The lowest BCUT2D eigenvalue weighted by Gasteiger charge is -2.17. The average molecular weight is 335 g/mol. The average Bonchev–Trinajstić information content (AvgIpc) is 2.54. The second kappa shape index (κ2) is 7.60. The van der Waals surface area contributed by atoms with E-state index in [2.05, 4.69) is 0 Å². The van der Waals surface area contributed by atoms with Crippen LogP contribution in [0.1, 0.15) is 10.4 Å². The minimum Gasteiger partial charge on any atom is -0.492 e. The quantitative estimate of drug-likeness (QED) is 0.599. The van der Waals surface area contributed by atoms with Gasteiger partial charge in [-0.15, -0.1) is 0 Å². The van der Waals surface area contributed by atoms with Crippen molar-refractivity contribution in [2.24, 2.45) is 0 Å². The maximum absolute atomic E-state index is 12.2. The number of non-ortho nitro benzene ring substituents is 1. The topological polar surface area (TPSA) is 72.7 Å². The van der Waals surface area contributed by atoms with E-state index in [1.807, 2.05) is 0 Å². The standard InChI is InChI=1S/C16H15ClN2O4/c1-18(9-10-23-15-4-2-3-13(17)11-15)16(20)12-5-7-14(8-6-12)19(21)22/h2-8,11H,9-10H2,1H3. The van der Waals surface area contributed by atoms with Gasteiger partial charge in [-0.25, -0.2) is 0 Å². The molecule has 0 aliphatic rings. The molecular weight excluding hydrogens is 320 g/mol. The first kappa shape index (κ1) is 16.8. The van der Waals surface area contributed by atoms with Crippen LogP contribution in [0.4, 0.5) is 5.69 Å². The van der Waals surface area contributed by atoms with Crippen LogP contribution in [0.25, 0.3) is 0 Å². The molecule has 2 aromatic carbocycles. The molecular formula is C16H15ClN2O4. The van der Waals surface area contributed by atoms with Crippen LogP contribution in [0.5, 0.6) is 5.75 Å². The van der Waals surface area contributed by atoms with Crippen LogP contribution in [0.3, 0.4) is 0 Å². The molecule has 23 heavy (non-hydrogen) atoms.